The Hall–Kier alpha value is -2.96. The second kappa shape index (κ2) is 31.6. The molecule has 3 aliphatic rings. The van der Waals surface area contributed by atoms with E-state index in [-0.39, 0.29) is 17.9 Å². The van der Waals surface area contributed by atoms with Crippen LogP contribution in [-0.2, 0) is 14.3 Å². The maximum atomic E-state index is 11.1. The van der Waals surface area contributed by atoms with Crippen LogP contribution < -0.4 is 10.5 Å². The molecule has 0 aliphatic carbocycles. The maximum absolute atomic E-state index is 11.1. The van der Waals surface area contributed by atoms with Gasteiger partial charge in [-0.05, 0) is 77.2 Å². The molecule has 0 bridgehead atoms. The zero-order valence-electron chi connectivity index (χ0n) is 35.0. The molecule has 4 heterocycles. The minimum atomic E-state index is -0.206. The van der Waals surface area contributed by atoms with Crippen LogP contribution in [0.3, 0.4) is 0 Å². The van der Waals surface area contributed by atoms with E-state index in [1.165, 1.54) is 12.0 Å². The van der Waals surface area contributed by atoms with Crippen molar-refractivity contribution in [3.05, 3.63) is 35.3 Å². The number of primary amides is 1. The first-order valence-corrected chi connectivity index (χ1v) is 19.8. The van der Waals surface area contributed by atoms with Crippen molar-refractivity contribution < 1.29 is 24.2 Å². The molecule has 2 saturated heterocycles. The highest BCUT2D eigenvalue weighted by molar-refractivity contribution is 5.85. The molecule has 0 radical (unpaired) electrons. The van der Waals surface area contributed by atoms with Crippen molar-refractivity contribution in [3.63, 3.8) is 0 Å². The predicted octanol–water partition coefficient (Wildman–Crippen LogP) is 7.51. The number of carbonyl (C=O) groups is 2. The molecule has 6 atom stereocenters. The molecule has 1 aromatic heterocycles. The number of aliphatic hydroxyl groups is 1. The van der Waals surface area contributed by atoms with Gasteiger partial charge in [-0.1, -0.05) is 62.3 Å². The summed E-state index contributed by atoms with van der Waals surface area (Å²) in [5.41, 5.74) is 6.14. The second-order valence-corrected chi connectivity index (χ2v) is 13.8. The van der Waals surface area contributed by atoms with Gasteiger partial charge in [-0.2, -0.15) is 9.84 Å². The van der Waals surface area contributed by atoms with Gasteiger partial charge in [0.05, 0.1) is 19.3 Å². The summed E-state index contributed by atoms with van der Waals surface area (Å²) >= 11 is 0. The molecule has 0 spiro atoms. The number of carbonyl (C=O) groups excluding carboxylic acids is 2. The van der Waals surface area contributed by atoms with Crippen molar-refractivity contribution in [2.75, 3.05) is 39.5 Å². The van der Waals surface area contributed by atoms with E-state index < -0.39 is 0 Å². The van der Waals surface area contributed by atoms with Crippen molar-refractivity contribution in [1.29, 1.82) is 0 Å². The van der Waals surface area contributed by atoms with Crippen LogP contribution in [0.4, 0.5) is 0 Å². The number of aromatic nitrogens is 1. The zero-order valence-corrected chi connectivity index (χ0v) is 35.0. The van der Waals surface area contributed by atoms with E-state index in [0.717, 1.165) is 94.4 Å². The Balaban J connectivity index is 0. The van der Waals surface area contributed by atoms with Crippen LogP contribution >= 0.6 is 0 Å². The molecule has 0 aromatic carbocycles. The van der Waals surface area contributed by atoms with E-state index in [0.29, 0.717) is 30.5 Å². The smallest absolute Gasteiger partial charge is 0.222 e. The van der Waals surface area contributed by atoms with Gasteiger partial charge in [0, 0.05) is 62.1 Å². The lowest BCUT2D eigenvalue weighted by Crippen LogP contribution is -2.41. The van der Waals surface area contributed by atoms with E-state index in [9.17, 15) is 14.8 Å². The number of aliphatic hydroxyl groups excluding tert-OH is 1. The van der Waals surface area contributed by atoms with Gasteiger partial charge in [0.2, 0.25) is 11.8 Å². The number of ether oxygens (including phenoxy) is 1. The molecule has 6 unspecified atom stereocenters. The Bertz CT molecular complexity index is 1090. The summed E-state index contributed by atoms with van der Waals surface area (Å²) in [6.07, 6.45) is 11.0. The third-order valence-corrected chi connectivity index (χ3v) is 9.71. The molecule has 3 N–H and O–H groups in total. The van der Waals surface area contributed by atoms with E-state index >= 15 is 0 Å². The highest BCUT2D eigenvalue weighted by atomic mass is 16.5. The minimum absolute atomic E-state index is 0.0417. The summed E-state index contributed by atoms with van der Waals surface area (Å²) < 4.78 is 6.06. The quantitative estimate of drug-likeness (QED) is 0.177. The van der Waals surface area contributed by atoms with Crippen LogP contribution in [-0.4, -0.2) is 90.3 Å². The SMILES string of the molecule is CCC(C)C(N)=O.CCC(C)C1=NCN=N1.CCC(C)N1CCCC1=O.CCC(C)N1CCOCC1.CCC(C)O.CCC(C)c1cc[n+]([O-])cc1. The second-order valence-electron chi connectivity index (χ2n) is 13.8. The summed E-state index contributed by atoms with van der Waals surface area (Å²) in [5.74, 6) is 2.13. The third-order valence-electron chi connectivity index (χ3n) is 9.71. The van der Waals surface area contributed by atoms with E-state index in [1.54, 1.807) is 19.3 Å². The first-order chi connectivity index (χ1) is 24.6. The molecular weight excluding hydrogens is 658 g/mol. The number of pyridine rings is 1. The number of hydrogen-bond acceptors (Lipinski definition) is 9. The molecule has 2 amide bonds. The fourth-order valence-electron chi connectivity index (χ4n) is 4.50. The fraction of sp³-hybridized carbons (Fsp3) is 0.800. The van der Waals surface area contributed by atoms with Crippen LogP contribution in [0.25, 0.3) is 0 Å². The maximum Gasteiger partial charge on any atom is 0.222 e. The van der Waals surface area contributed by atoms with E-state index in [4.69, 9.17) is 15.6 Å². The molecule has 52 heavy (non-hydrogen) atoms. The molecule has 3 aliphatic heterocycles. The number of morpholine rings is 1. The van der Waals surface area contributed by atoms with Crippen LogP contribution in [0.1, 0.15) is 146 Å². The number of amidine groups is 1. The summed E-state index contributed by atoms with van der Waals surface area (Å²) in [7, 11) is 0. The predicted molar refractivity (Wildman–Crippen MR) is 214 cm³/mol. The highest BCUT2D eigenvalue weighted by Gasteiger charge is 2.23. The Morgan fingerprint density at radius 2 is 1.40 bits per heavy atom. The van der Waals surface area contributed by atoms with Crippen molar-refractivity contribution in [1.82, 2.24) is 9.80 Å². The van der Waals surface area contributed by atoms with Gasteiger partial charge in [-0.25, -0.2) is 4.99 Å². The monoisotopic (exact) mass is 736 g/mol. The standard InChI is InChI=1S/C9H13NO.C8H17NO.C8H15NO.C6H11N3.C5H11NO.C4H10O/c1-3-8(2)9-4-6-10(11)7-5-9;1-3-8(2)9-4-6-10-7-5-9;1-3-7(2)9-6-4-5-8(9)10;1-3-5(2)6-7-4-8-9-6;1-3-4(2)5(6)7;1-3-4(2)5/h4-8H,3H2,1-2H3;8H,3-7H2,1-2H3;7H,3-6H2,1-2H3;5H,3-4H2,1-2H3;4H,3H2,1-2H3,(H2,6,7);4-5H,3H2,1-2H3. The Kier molecular flexibility index (Phi) is 31.0. The summed E-state index contributed by atoms with van der Waals surface area (Å²) in [5, 5.41) is 26.6. The number of nitrogens with zero attached hydrogens (tertiary/aromatic N) is 6. The van der Waals surface area contributed by atoms with Crippen molar-refractivity contribution in [3.8, 4) is 0 Å². The lowest BCUT2D eigenvalue weighted by atomic mass is 10.0. The van der Waals surface area contributed by atoms with Gasteiger partial charge < -0.3 is 25.7 Å². The van der Waals surface area contributed by atoms with Crippen LogP contribution in [0, 0.1) is 17.0 Å². The average Bonchev–Trinajstić information content (AvgIpc) is 3.87. The van der Waals surface area contributed by atoms with E-state index in [1.807, 2.05) is 37.8 Å². The van der Waals surface area contributed by atoms with Crippen molar-refractivity contribution in [2.24, 2.45) is 32.8 Å². The number of azo groups is 1. The molecule has 0 saturated carbocycles. The van der Waals surface area contributed by atoms with Crippen molar-refractivity contribution in [2.45, 2.75) is 159 Å². The van der Waals surface area contributed by atoms with Gasteiger partial charge in [0.15, 0.2) is 24.9 Å². The molecule has 1 aromatic rings. The normalized spacial score (nSPS) is 18.4. The minimum Gasteiger partial charge on any atom is -0.619 e. The lowest BCUT2D eigenvalue weighted by molar-refractivity contribution is -0.605. The summed E-state index contributed by atoms with van der Waals surface area (Å²) in [6.45, 7) is 30.4. The largest absolute Gasteiger partial charge is 0.619 e. The Morgan fingerprint density at radius 1 is 0.865 bits per heavy atom. The lowest BCUT2D eigenvalue weighted by Gasteiger charge is -2.31. The first kappa shape index (κ1) is 51.1. The number of amides is 2. The first-order valence-electron chi connectivity index (χ1n) is 19.8. The van der Waals surface area contributed by atoms with Crippen LogP contribution in [0.5, 0.6) is 0 Å². The zero-order chi connectivity index (χ0) is 40.1. The summed E-state index contributed by atoms with van der Waals surface area (Å²) in [4.78, 5) is 29.8. The number of hydrogen-bond donors (Lipinski definition) is 2. The third kappa shape index (κ3) is 24.3. The molecule has 12 heteroatoms. The Labute approximate surface area is 317 Å². The number of rotatable bonds is 11. The molecule has 302 valence electrons. The van der Waals surface area contributed by atoms with Gasteiger partial charge in [-0.3, -0.25) is 14.5 Å². The number of aliphatic imine (C=N–C) groups is 1. The topological polar surface area (TPSA) is 160 Å². The number of likely N-dealkylation sites (tertiary alicyclic amines) is 1. The molecular formula is C40H77N7O5. The number of nitrogens with two attached hydrogens (primary N) is 1. The summed E-state index contributed by atoms with van der Waals surface area (Å²) in [6, 6.07) is 4.95. The molecule has 2 fully saturated rings. The molecule has 4 rings (SSSR count). The molecule has 12 nitrogen and oxygen atoms in total. The van der Waals surface area contributed by atoms with E-state index in [2.05, 4.69) is 75.5 Å². The van der Waals surface area contributed by atoms with Gasteiger partial charge >= 0.3 is 0 Å². The van der Waals surface area contributed by atoms with Gasteiger partial charge in [-0.15, -0.1) is 5.11 Å². The average molecular weight is 736 g/mol. The highest BCUT2D eigenvalue weighted by Crippen LogP contribution is 2.16. The van der Waals surface area contributed by atoms with Crippen LogP contribution in [0.15, 0.2) is 39.7 Å². The van der Waals surface area contributed by atoms with Gasteiger partial charge in [0.1, 0.15) is 0 Å². The Morgan fingerprint density at radius 3 is 1.75 bits per heavy atom. The van der Waals surface area contributed by atoms with Gasteiger partial charge in [0.25, 0.3) is 0 Å². The van der Waals surface area contributed by atoms with Crippen molar-refractivity contribution >= 4 is 17.6 Å². The fourth-order valence-corrected chi connectivity index (χ4v) is 4.50. The van der Waals surface area contributed by atoms with Crippen LogP contribution in [0.2, 0.25) is 0 Å².